The summed E-state index contributed by atoms with van der Waals surface area (Å²) >= 11 is 0. The minimum atomic E-state index is -4.43. The normalized spacial score (nSPS) is 20.1. The molecule has 0 N–H and O–H groups in total. The predicted molar refractivity (Wildman–Crippen MR) is 53.5 cm³/mol. The summed E-state index contributed by atoms with van der Waals surface area (Å²) in [6.07, 6.45) is -4.64. The van der Waals surface area contributed by atoms with E-state index in [0.717, 1.165) is 11.1 Å². The van der Waals surface area contributed by atoms with Crippen LogP contribution in [0.2, 0.25) is 0 Å². The second-order valence-electron chi connectivity index (χ2n) is 4.26. The summed E-state index contributed by atoms with van der Waals surface area (Å²) in [6, 6.07) is 3.26. The summed E-state index contributed by atoms with van der Waals surface area (Å²) in [5.41, 5.74) is 2.55. The summed E-state index contributed by atoms with van der Waals surface area (Å²) in [5.74, 6) is -2.63. The van der Waals surface area contributed by atoms with Crippen molar-refractivity contribution >= 4 is 5.78 Å². The minimum absolute atomic E-state index is 0.210. The highest BCUT2D eigenvalue weighted by Gasteiger charge is 2.48. The van der Waals surface area contributed by atoms with E-state index < -0.39 is 17.9 Å². The number of aryl methyl sites for hydroxylation is 2. The lowest BCUT2D eigenvalue weighted by Gasteiger charge is -2.11. The highest BCUT2D eigenvalue weighted by atomic mass is 19.4. The van der Waals surface area contributed by atoms with Crippen molar-refractivity contribution in [2.45, 2.75) is 26.4 Å². The number of halogens is 3. The standard InChI is InChI=1S/C12H11F3O/c1-6-3-8-5-10(12(13,14)15)11(16)9(8)4-7(6)2/h3-4,10H,5H2,1-2H3. The molecule has 16 heavy (non-hydrogen) atoms. The molecule has 1 nitrogen and oxygen atoms in total. The lowest BCUT2D eigenvalue weighted by Crippen LogP contribution is -2.27. The zero-order valence-corrected chi connectivity index (χ0v) is 8.98. The SMILES string of the molecule is Cc1cc2c(cc1C)C(=O)C(C(F)(F)F)C2. The quantitative estimate of drug-likeness (QED) is 0.666. The summed E-state index contributed by atoms with van der Waals surface area (Å²) < 4.78 is 37.7. The van der Waals surface area contributed by atoms with Gasteiger partial charge in [-0.15, -0.1) is 0 Å². The fourth-order valence-electron chi connectivity index (χ4n) is 2.04. The number of alkyl halides is 3. The van der Waals surface area contributed by atoms with Crippen LogP contribution in [0, 0.1) is 19.8 Å². The molecule has 1 atom stereocenters. The molecule has 0 aliphatic heterocycles. The van der Waals surface area contributed by atoms with Crippen LogP contribution in [-0.4, -0.2) is 12.0 Å². The van der Waals surface area contributed by atoms with Crippen LogP contribution in [0.4, 0.5) is 13.2 Å². The third kappa shape index (κ3) is 1.62. The average molecular weight is 228 g/mol. The fraction of sp³-hybridized carbons (Fsp3) is 0.417. The van der Waals surface area contributed by atoms with E-state index in [1.54, 1.807) is 19.1 Å². The molecule has 86 valence electrons. The predicted octanol–water partition coefficient (Wildman–Crippen LogP) is 3.22. The van der Waals surface area contributed by atoms with Crippen LogP contribution in [0.3, 0.4) is 0 Å². The molecule has 0 amide bonds. The largest absolute Gasteiger partial charge is 0.399 e. The molecule has 2 rings (SSSR count). The second-order valence-corrected chi connectivity index (χ2v) is 4.26. The maximum atomic E-state index is 12.6. The molecule has 1 aliphatic carbocycles. The van der Waals surface area contributed by atoms with Gasteiger partial charge in [0.05, 0.1) is 0 Å². The first-order valence-electron chi connectivity index (χ1n) is 5.01. The minimum Gasteiger partial charge on any atom is -0.293 e. The van der Waals surface area contributed by atoms with Crippen molar-refractivity contribution < 1.29 is 18.0 Å². The number of ketones is 1. The van der Waals surface area contributed by atoms with Crippen LogP contribution >= 0.6 is 0 Å². The highest BCUT2D eigenvalue weighted by molar-refractivity contribution is 6.03. The molecule has 1 unspecified atom stereocenters. The van der Waals surface area contributed by atoms with Gasteiger partial charge in [0.1, 0.15) is 5.92 Å². The van der Waals surface area contributed by atoms with Gasteiger partial charge in [0.25, 0.3) is 0 Å². The van der Waals surface area contributed by atoms with Gasteiger partial charge in [0, 0.05) is 5.56 Å². The van der Waals surface area contributed by atoms with Crippen molar-refractivity contribution in [3.05, 3.63) is 34.4 Å². The van der Waals surface area contributed by atoms with Gasteiger partial charge in [0.2, 0.25) is 0 Å². The van der Waals surface area contributed by atoms with Crippen LogP contribution in [0.1, 0.15) is 27.0 Å². The molecule has 1 aliphatic rings. The highest BCUT2D eigenvalue weighted by Crippen LogP contribution is 2.38. The van der Waals surface area contributed by atoms with E-state index >= 15 is 0 Å². The number of rotatable bonds is 0. The van der Waals surface area contributed by atoms with E-state index in [-0.39, 0.29) is 12.0 Å². The number of hydrogen-bond acceptors (Lipinski definition) is 1. The Labute approximate surface area is 91.3 Å². The maximum absolute atomic E-state index is 12.6. The van der Waals surface area contributed by atoms with Crippen molar-refractivity contribution in [2.75, 3.05) is 0 Å². The number of Topliss-reactive ketones (excluding diaryl/α,β-unsaturated/α-hetero) is 1. The van der Waals surface area contributed by atoms with Crippen LogP contribution in [0.25, 0.3) is 0 Å². The van der Waals surface area contributed by atoms with Crippen molar-refractivity contribution in [3.8, 4) is 0 Å². The maximum Gasteiger partial charge on any atom is 0.399 e. The zero-order chi connectivity index (χ0) is 12.1. The Bertz CT molecular complexity index is 460. The van der Waals surface area contributed by atoms with Crippen LogP contribution in [0.5, 0.6) is 0 Å². The molecule has 1 aromatic carbocycles. The molecular weight excluding hydrogens is 217 g/mol. The number of hydrogen-bond donors (Lipinski definition) is 0. The van der Waals surface area contributed by atoms with Crippen LogP contribution < -0.4 is 0 Å². The van der Waals surface area contributed by atoms with Gasteiger partial charge in [-0.1, -0.05) is 6.07 Å². The number of carbonyl (C=O) groups is 1. The Hall–Kier alpha value is -1.32. The van der Waals surface area contributed by atoms with Crippen LogP contribution in [0.15, 0.2) is 12.1 Å². The Kier molecular flexibility index (Phi) is 2.33. The van der Waals surface area contributed by atoms with Crippen molar-refractivity contribution in [3.63, 3.8) is 0 Å². The Morgan fingerprint density at radius 2 is 1.75 bits per heavy atom. The number of carbonyl (C=O) groups excluding carboxylic acids is 1. The fourth-order valence-corrected chi connectivity index (χ4v) is 2.04. The van der Waals surface area contributed by atoms with E-state index in [1.807, 2.05) is 6.92 Å². The molecule has 1 aromatic rings. The first kappa shape index (κ1) is 11.2. The summed E-state index contributed by atoms with van der Waals surface area (Å²) in [6.45, 7) is 3.63. The molecular formula is C12H11F3O. The zero-order valence-electron chi connectivity index (χ0n) is 8.98. The second kappa shape index (κ2) is 3.34. The summed E-state index contributed by atoms with van der Waals surface area (Å²) in [7, 11) is 0. The first-order chi connectivity index (χ1) is 7.30. The Morgan fingerprint density at radius 3 is 2.31 bits per heavy atom. The van der Waals surface area contributed by atoms with E-state index in [4.69, 9.17) is 0 Å². The van der Waals surface area contributed by atoms with Gasteiger partial charge in [-0.3, -0.25) is 4.79 Å². The van der Waals surface area contributed by atoms with Crippen LogP contribution in [-0.2, 0) is 6.42 Å². The number of benzene rings is 1. The van der Waals surface area contributed by atoms with Gasteiger partial charge < -0.3 is 0 Å². The average Bonchev–Trinajstić information content (AvgIpc) is 2.45. The third-order valence-electron chi connectivity index (χ3n) is 3.12. The van der Waals surface area contributed by atoms with Crippen molar-refractivity contribution in [2.24, 2.45) is 5.92 Å². The van der Waals surface area contributed by atoms with E-state index in [2.05, 4.69) is 0 Å². The van der Waals surface area contributed by atoms with Gasteiger partial charge in [0.15, 0.2) is 5.78 Å². The van der Waals surface area contributed by atoms with E-state index in [1.165, 1.54) is 0 Å². The first-order valence-corrected chi connectivity index (χ1v) is 5.01. The van der Waals surface area contributed by atoms with E-state index in [0.29, 0.717) is 5.56 Å². The lowest BCUT2D eigenvalue weighted by atomic mass is 10.0. The monoisotopic (exact) mass is 228 g/mol. The van der Waals surface area contributed by atoms with Crippen molar-refractivity contribution in [1.29, 1.82) is 0 Å². The molecule has 0 radical (unpaired) electrons. The van der Waals surface area contributed by atoms with Gasteiger partial charge in [-0.25, -0.2) is 0 Å². The summed E-state index contributed by atoms with van der Waals surface area (Å²) in [5, 5.41) is 0. The molecule has 0 saturated carbocycles. The molecule has 0 bridgehead atoms. The Balaban J connectivity index is 2.47. The molecule has 0 fully saturated rings. The molecule has 0 aromatic heterocycles. The lowest BCUT2D eigenvalue weighted by molar-refractivity contribution is -0.158. The smallest absolute Gasteiger partial charge is 0.293 e. The van der Waals surface area contributed by atoms with E-state index in [9.17, 15) is 18.0 Å². The van der Waals surface area contributed by atoms with Gasteiger partial charge in [-0.05, 0) is 43.0 Å². The van der Waals surface area contributed by atoms with Gasteiger partial charge in [-0.2, -0.15) is 13.2 Å². The number of fused-ring (bicyclic) bond motifs is 1. The molecule has 0 saturated heterocycles. The molecule has 0 spiro atoms. The van der Waals surface area contributed by atoms with Gasteiger partial charge >= 0.3 is 6.18 Å². The molecule has 0 heterocycles. The topological polar surface area (TPSA) is 17.1 Å². The molecule has 4 heteroatoms. The third-order valence-corrected chi connectivity index (χ3v) is 3.12. The Morgan fingerprint density at radius 1 is 1.19 bits per heavy atom. The van der Waals surface area contributed by atoms with Crippen molar-refractivity contribution in [1.82, 2.24) is 0 Å². The summed E-state index contributed by atoms with van der Waals surface area (Å²) in [4.78, 5) is 11.6.